The number of rotatable bonds is 1. The molecule has 0 spiro atoms. The summed E-state index contributed by atoms with van der Waals surface area (Å²) in [4.78, 5) is 0. The Bertz CT molecular complexity index is 896. The molecular weight excluding hydrogens is 290 g/mol. The summed E-state index contributed by atoms with van der Waals surface area (Å²) in [6.45, 7) is 2.10. The van der Waals surface area contributed by atoms with Crippen LogP contribution < -0.4 is 0 Å². The van der Waals surface area contributed by atoms with Gasteiger partial charge in [-0.2, -0.15) is 0 Å². The third-order valence-electron chi connectivity index (χ3n) is 4.96. The van der Waals surface area contributed by atoms with Crippen LogP contribution >= 0.6 is 0 Å². The van der Waals surface area contributed by atoms with Gasteiger partial charge >= 0.3 is 0 Å². The maximum absolute atomic E-state index is 13.5. The maximum atomic E-state index is 13.5. The number of aryl methyl sites for hydroxylation is 2. The lowest BCUT2D eigenvalue weighted by Gasteiger charge is -2.25. The van der Waals surface area contributed by atoms with E-state index in [4.69, 9.17) is 0 Å². The van der Waals surface area contributed by atoms with Gasteiger partial charge in [0.25, 0.3) is 0 Å². The normalized spacial score (nSPS) is 17.3. The van der Waals surface area contributed by atoms with Gasteiger partial charge < -0.3 is 0 Å². The Morgan fingerprint density at radius 2 is 1.52 bits per heavy atom. The van der Waals surface area contributed by atoms with Crippen molar-refractivity contribution in [1.29, 1.82) is 0 Å². The van der Waals surface area contributed by atoms with Crippen LogP contribution in [0.25, 0.3) is 10.8 Å². The second-order valence-electron chi connectivity index (χ2n) is 6.58. The third-order valence-corrected chi connectivity index (χ3v) is 4.96. The minimum atomic E-state index is -0.738. The molecule has 23 heavy (non-hydrogen) atoms. The highest BCUT2D eigenvalue weighted by molar-refractivity contribution is 5.84. The number of fused-ring (bicyclic) bond motifs is 2. The monoisotopic (exact) mass is 308 g/mol. The van der Waals surface area contributed by atoms with Gasteiger partial charge in [0.05, 0.1) is 0 Å². The Kier molecular flexibility index (Phi) is 3.41. The van der Waals surface area contributed by atoms with Crippen LogP contribution in [0.1, 0.15) is 34.6 Å². The van der Waals surface area contributed by atoms with E-state index < -0.39 is 11.6 Å². The number of hydrogen-bond donors (Lipinski definition) is 0. The fraction of sp³-hybridized carbons (Fsp3) is 0.238. The summed E-state index contributed by atoms with van der Waals surface area (Å²) in [6, 6.07) is 15.8. The number of hydrogen-bond acceptors (Lipinski definition) is 0. The van der Waals surface area contributed by atoms with Gasteiger partial charge in [-0.3, -0.25) is 0 Å². The average Bonchev–Trinajstić information content (AvgIpc) is 2.55. The summed E-state index contributed by atoms with van der Waals surface area (Å²) in [5, 5.41) is 2.49. The van der Waals surface area contributed by atoms with Crippen molar-refractivity contribution in [2.24, 2.45) is 0 Å². The van der Waals surface area contributed by atoms with Gasteiger partial charge in [-0.05, 0) is 71.7 Å². The predicted octanol–water partition coefficient (Wildman–Crippen LogP) is 5.70. The van der Waals surface area contributed by atoms with Crippen molar-refractivity contribution < 1.29 is 8.78 Å². The van der Waals surface area contributed by atoms with E-state index in [2.05, 4.69) is 43.3 Å². The van der Waals surface area contributed by atoms with E-state index in [0.717, 1.165) is 30.4 Å². The molecule has 1 atom stereocenters. The minimum Gasteiger partial charge on any atom is -0.204 e. The molecule has 1 aliphatic carbocycles. The Balaban J connectivity index is 1.69. The molecule has 0 fully saturated rings. The van der Waals surface area contributed by atoms with E-state index in [1.54, 1.807) is 0 Å². The van der Waals surface area contributed by atoms with Gasteiger partial charge in [0.1, 0.15) is 0 Å². The molecule has 0 heterocycles. The third kappa shape index (κ3) is 2.63. The molecule has 0 nitrogen and oxygen atoms in total. The molecule has 0 bridgehead atoms. The SMILES string of the molecule is Cc1ccc2cc(C3CCc4cc(F)c(F)cc4C3)ccc2c1. The van der Waals surface area contributed by atoms with Gasteiger partial charge in [0.2, 0.25) is 0 Å². The van der Waals surface area contributed by atoms with E-state index in [1.165, 1.54) is 34.0 Å². The highest BCUT2D eigenvalue weighted by atomic mass is 19.2. The van der Waals surface area contributed by atoms with Crippen LogP contribution in [0.3, 0.4) is 0 Å². The largest absolute Gasteiger partial charge is 0.204 e. The van der Waals surface area contributed by atoms with E-state index in [-0.39, 0.29) is 0 Å². The van der Waals surface area contributed by atoms with Crippen molar-refractivity contribution in [3.05, 3.63) is 82.4 Å². The number of halogens is 2. The second kappa shape index (κ2) is 5.45. The Morgan fingerprint density at radius 3 is 2.35 bits per heavy atom. The molecule has 0 saturated carbocycles. The molecule has 0 aliphatic heterocycles. The highest BCUT2D eigenvalue weighted by Gasteiger charge is 2.22. The van der Waals surface area contributed by atoms with Crippen molar-refractivity contribution in [3.63, 3.8) is 0 Å². The first kappa shape index (κ1) is 14.4. The fourth-order valence-corrected chi connectivity index (χ4v) is 3.67. The lowest BCUT2D eigenvalue weighted by molar-refractivity contribution is 0.496. The molecular formula is C21H18F2. The predicted molar refractivity (Wildman–Crippen MR) is 89.8 cm³/mol. The van der Waals surface area contributed by atoms with Crippen LogP contribution in [0.4, 0.5) is 8.78 Å². The van der Waals surface area contributed by atoms with Crippen molar-refractivity contribution in [1.82, 2.24) is 0 Å². The first-order chi connectivity index (χ1) is 11.1. The Labute approximate surface area is 134 Å². The first-order valence-corrected chi connectivity index (χ1v) is 8.07. The van der Waals surface area contributed by atoms with Crippen LogP contribution in [-0.2, 0) is 12.8 Å². The van der Waals surface area contributed by atoms with Crippen LogP contribution in [0.5, 0.6) is 0 Å². The molecule has 0 radical (unpaired) electrons. The fourth-order valence-electron chi connectivity index (χ4n) is 3.67. The zero-order chi connectivity index (χ0) is 16.0. The van der Waals surface area contributed by atoms with E-state index >= 15 is 0 Å². The molecule has 0 saturated heterocycles. The first-order valence-electron chi connectivity index (χ1n) is 8.07. The standard InChI is InChI=1S/C21H18F2/c1-13-2-3-15-9-16(5-4-14(15)8-13)17-6-7-18-11-20(22)21(23)12-19(18)10-17/h2-5,8-9,11-12,17H,6-7,10H2,1H3. The molecule has 0 N–H and O–H groups in total. The average molecular weight is 308 g/mol. The highest BCUT2D eigenvalue weighted by Crippen LogP contribution is 2.34. The molecule has 3 aromatic carbocycles. The summed E-state index contributed by atoms with van der Waals surface area (Å²) in [5.41, 5.74) is 4.45. The van der Waals surface area contributed by atoms with Crippen molar-refractivity contribution in [2.45, 2.75) is 32.1 Å². The lowest BCUT2D eigenvalue weighted by Crippen LogP contribution is -2.13. The minimum absolute atomic E-state index is 0.373. The van der Waals surface area contributed by atoms with Gasteiger partial charge in [-0.1, -0.05) is 42.0 Å². The van der Waals surface area contributed by atoms with E-state index in [1.807, 2.05) is 0 Å². The van der Waals surface area contributed by atoms with Crippen molar-refractivity contribution in [3.8, 4) is 0 Å². The lowest BCUT2D eigenvalue weighted by atomic mass is 9.79. The van der Waals surface area contributed by atoms with Crippen LogP contribution in [0, 0.1) is 18.6 Å². The van der Waals surface area contributed by atoms with Crippen LogP contribution in [0.15, 0.2) is 48.5 Å². The Morgan fingerprint density at radius 1 is 0.826 bits per heavy atom. The maximum Gasteiger partial charge on any atom is 0.159 e. The molecule has 116 valence electrons. The zero-order valence-corrected chi connectivity index (χ0v) is 13.1. The summed E-state index contributed by atoms with van der Waals surface area (Å²) in [6.07, 6.45) is 2.57. The molecule has 1 unspecified atom stereocenters. The molecule has 1 aliphatic rings. The summed E-state index contributed by atoms with van der Waals surface area (Å²) in [7, 11) is 0. The second-order valence-corrected chi connectivity index (χ2v) is 6.58. The molecule has 3 aromatic rings. The Hall–Kier alpha value is -2.22. The van der Waals surface area contributed by atoms with E-state index in [0.29, 0.717) is 5.92 Å². The summed E-state index contributed by atoms with van der Waals surface area (Å²) >= 11 is 0. The summed E-state index contributed by atoms with van der Waals surface area (Å²) < 4.78 is 26.9. The topological polar surface area (TPSA) is 0 Å². The van der Waals surface area contributed by atoms with Gasteiger partial charge in [0, 0.05) is 0 Å². The van der Waals surface area contributed by atoms with Crippen LogP contribution in [-0.4, -0.2) is 0 Å². The molecule has 4 rings (SSSR count). The smallest absolute Gasteiger partial charge is 0.159 e. The van der Waals surface area contributed by atoms with Gasteiger partial charge in [-0.25, -0.2) is 8.78 Å². The molecule has 0 aromatic heterocycles. The van der Waals surface area contributed by atoms with E-state index in [9.17, 15) is 8.78 Å². The van der Waals surface area contributed by atoms with Gasteiger partial charge in [0.15, 0.2) is 11.6 Å². The van der Waals surface area contributed by atoms with Crippen molar-refractivity contribution in [2.75, 3.05) is 0 Å². The quantitative estimate of drug-likeness (QED) is 0.541. The van der Waals surface area contributed by atoms with Crippen LogP contribution in [0.2, 0.25) is 0 Å². The molecule has 2 heteroatoms. The summed E-state index contributed by atoms with van der Waals surface area (Å²) in [5.74, 6) is -1.10. The number of benzene rings is 3. The zero-order valence-electron chi connectivity index (χ0n) is 13.1. The molecule has 0 amide bonds. The van der Waals surface area contributed by atoms with Gasteiger partial charge in [-0.15, -0.1) is 0 Å². The van der Waals surface area contributed by atoms with Crippen molar-refractivity contribution >= 4 is 10.8 Å².